The molecule has 0 radical (unpaired) electrons. The molecule has 0 spiro atoms. The predicted molar refractivity (Wildman–Crippen MR) is 132 cm³/mol. The number of nitro groups is 1. The molecule has 0 saturated carbocycles. The van der Waals surface area contributed by atoms with Gasteiger partial charge in [0.1, 0.15) is 6.04 Å². The van der Waals surface area contributed by atoms with Crippen molar-refractivity contribution in [3.8, 4) is 0 Å². The lowest BCUT2D eigenvalue weighted by atomic mass is 10.1. The number of nitro benzene ring substituents is 1. The number of carbonyl (C=O) groups excluding carboxylic acids is 1. The van der Waals surface area contributed by atoms with Crippen molar-refractivity contribution in [2.75, 3.05) is 23.7 Å². The van der Waals surface area contributed by atoms with Gasteiger partial charge in [0, 0.05) is 25.2 Å². The SMILES string of the molecule is Cc1ccc([N+](=O)[O-])cc1N([C@@H](C)C(=O)NCc1ccc(CN2CCCCC2)cc1)S(C)(=O)=O. The number of amides is 1. The average Bonchev–Trinajstić information content (AvgIpc) is 2.79. The number of piperidine rings is 1. The van der Waals surface area contributed by atoms with E-state index >= 15 is 0 Å². The summed E-state index contributed by atoms with van der Waals surface area (Å²) in [5.41, 5.74) is 2.50. The number of nitrogens with zero attached hydrogens (tertiary/aromatic N) is 3. The fraction of sp³-hybridized carbons (Fsp3) is 0.458. The Morgan fingerprint density at radius 2 is 1.74 bits per heavy atom. The minimum atomic E-state index is -3.88. The second kappa shape index (κ2) is 11.0. The molecule has 2 aromatic rings. The largest absolute Gasteiger partial charge is 0.350 e. The van der Waals surface area contributed by atoms with Gasteiger partial charge in [-0.3, -0.25) is 24.1 Å². The Morgan fingerprint density at radius 1 is 1.12 bits per heavy atom. The Bertz CT molecular complexity index is 1130. The number of aryl methyl sites for hydroxylation is 1. The maximum Gasteiger partial charge on any atom is 0.271 e. The van der Waals surface area contributed by atoms with E-state index in [1.54, 1.807) is 6.92 Å². The normalized spacial score (nSPS) is 15.5. The lowest BCUT2D eigenvalue weighted by molar-refractivity contribution is -0.384. The highest BCUT2D eigenvalue weighted by Gasteiger charge is 2.31. The van der Waals surface area contributed by atoms with Crippen LogP contribution >= 0.6 is 0 Å². The van der Waals surface area contributed by atoms with Crippen LogP contribution in [0.1, 0.15) is 42.9 Å². The molecule has 0 aliphatic carbocycles. The standard InChI is InChI=1S/C24H32N4O5S/c1-18-7-12-22(28(30)31)15-23(18)27(34(3,32)33)19(2)24(29)25-16-20-8-10-21(11-9-20)17-26-13-5-4-6-14-26/h7-12,15,19H,4-6,13-14,16-17H2,1-3H3,(H,25,29)/t19-/m0/s1. The number of benzene rings is 2. The summed E-state index contributed by atoms with van der Waals surface area (Å²) in [5.74, 6) is -0.492. The van der Waals surface area contributed by atoms with E-state index in [4.69, 9.17) is 0 Å². The Balaban J connectivity index is 1.68. The summed E-state index contributed by atoms with van der Waals surface area (Å²) in [6.07, 6.45) is 4.76. The molecule has 1 heterocycles. The summed E-state index contributed by atoms with van der Waals surface area (Å²) in [6.45, 7) is 6.52. The van der Waals surface area contributed by atoms with E-state index in [0.717, 1.165) is 35.8 Å². The lowest BCUT2D eigenvalue weighted by Gasteiger charge is -2.29. The molecule has 1 atom stereocenters. The Hall–Kier alpha value is -2.98. The third-order valence-corrected chi connectivity index (χ3v) is 7.30. The van der Waals surface area contributed by atoms with Crippen LogP contribution in [0, 0.1) is 17.0 Å². The van der Waals surface area contributed by atoms with E-state index in [-0.39, 0.29) is 17.9 Å². The highest BCUT2D eigenvalue weighted by molar-refractivity contribution is 7.92. The Morgan fingerprint density at radius 3 is 2.32 bits per heavy atom. The van der Waals surface area contributed by atoms with Gasteiger partial charge in [-0.2, -0.15) is 0 Å². The first kappa shape index (κ1) is 25.6. The van der Waals surface area contributed by atoms with Gasteiger partial charge in [0.25, 0.3) is 5.69 Å². The van der Waals surface area contributed by atoms with Crippen LogP contribution in [0.15, 0.2) is 42.5 Å². The van der Waals surface area contributed by atoms with E-state index < -0.39 is 26.9 Å². The molecular formula is C24H32N4O5S. The highest BCUT2D eigenvalue weighted by Crippen LogP contribution is 2.29. The lowest BCUT2D eigenvalue weighted by Crippen LogP contribution is -2.48. The van der Waals surface area contributed by atoms with Crippen LogP contribution in [0.5, 0.6) is 0 Å². The molecule has 1 aliphatic rings. The summed E-state index contributed by atoms with van der Waals surface area (Å²) in [5, 5.41) is 14.0. The van der Waals surface area contributed by atoms with Crippen molar-refractivity contribution in [3.63, 3.8) is 0 Å². The fourth-order valence-electron chi connectivity index (χ4n) is 4.20. The number of hydrogen-bond acceptors (Lipinski definition) is 6. The van der Waals surface area contributed by atoms with Crippen LogP contribution in [-0.2, 0) is 27.9 Å². The molecule has 184 valence electrons. The monoisotopic (exact) mass is 488 g/mol. The van der Waals surface area contributed by atoms with Gasteiger partial charge in [0.05, 0.1) is 16.9 Å². The molecule has 3 rings (SSSR count). The molecule has 1 aliphatic heterocycles. The van der Waals surface area contributed by atoms with Gasteiger partial charge in [0.15, 0.2) is 0 Å². The zero-order valence-corrected chi connectivity index (χ0v) is 20.7. The summed E-state index contributed by atoms with van der Waals surface area (Å²) in [4.78, 5) is 25.9. The van der Waals surface area contributed by atoms with Crippen LogP contribution in [0.25, 0.3) is 0 Å². The van der Waals surface area contributed by atoms with Crippen molar-refractivity contribution in [3.05, 3.63) is 69.3 Å². The molecule has 1 N–H and O–H groups in total. The van der Waals surface area contributed by atoms with E-state index in [1.807, 2.05) is 12.1 Å². The van der Waals surface area contributed by atoms with E-state index in [1.165, 1.54) is 49.9 Å². The first-order valence-corrected chi connectivity index (χ1v) is 13.2. The van der Waals surface area contributed by atoms with E-state index in [9.17, 15) is 23.3 Å². The minimum absolute atomic E-state index is 0.112. The maximum absolute atomic E-state index is 12.9. The first-order valence-electron chi connectivity index (χ1n) is 11.4. The third kappa shape index (κ3) is 6.54. The molecule has 34 heavy (non-hydrogen) atoms. The summed E-state index contributed by atoms with van der Waals surface area (Å²) >= 11 is 0. The number of hydrogen-bond donors (Lipinski definition) is 1. The number of sulfonamides is 1. The third-order valence-electron chi connectivity index (χ3n) is 6.07. The predicted octanol–water partition coefficient (Wildman–Crippen LogP) is 3.36. The molecule has 9 nitrogen and oxygen atoms in total. The van der Waals surface area contributed by atoms with Crippen molar-refractivity contribution in [2.45, 2.75) is 52.2 Å². The van der Waals surface area contributed by atoms with Crippen LogP contribution in [0.4, 0.5) is 11.4 Å². The fourth-order valence-corrected chi connectivity index (χ4v) is 5.43. The van der Waals surface area contributed by atoms with Crippen LogP contribution in [0.2, 0.25) is 0 Å². The van der Waals surface area contributed by atoms with Crippen molar-refractivity contribution < 1.29 is 18.1 Å². The van der Waals surface area contributed by atoms with Gasteiger partial charge in [-0.1, -0.05) is 36.8 Å². The molecule has 2 aromatic carbocycles. The van der Waals surface area contributed by atoms with Gasteiger partial charge >= 0.3 is 0 Å². The zero-order chi connectivity index (χ0) is 24.9. The van der Waals surface area contributed by atoms with Crippen LogP contribution in [0.3, 0.4) is 0 Å². The van der Waals surface area contributed by atoms with Crippen molar-refractivity contribution in [2.24, 2.45) is 0 Å². The topological polar surface area (TPSA) is 113 Å². The van der Waals surface area contributed by atoms with Gasteiger partial charge in [-0.15, -0.1) is 0 Å². The van der Waals surface area contributed by atoms with Gasteiger partial charge in [-0.05, 0) is 56.5 Å². The minimum Gasteiger partial charge on any atom is -0.350 e. The second-order valence-electron chi connectivity index (χ2n) is 8.83. The Kier molecular flexibility index (Phi) is 8.27. The summed E-state index contributed by atoms with van der Waals surface area (Å²) in [6, 6.07) is 10.9. The molecule has 0 aromatic heterocycles. The van der Waals surface area contributed by atoms with Gasteiger partial charge in [0.2, 0.25) is 15.9 Å². The average molecular weight is 489 g/mol. The van der Waals surface area contributed by atoms with Crippen molar-refractivity contribution in [1.29, 1.82) is 0 Å². The number of nitrogens with one attached hydrogen (secondary N) is 1. The number of non-ortho nitro benzene ring substituents is 1. The molecule has 1 saturated heterocycles. The number of anilines is 1. The van der Waals surface area contributed by atoms with E-state index in [2.05, 4.69) is 22.3 Å². The van der Waals surface area contributed by atoms with Crippen molar-refractivity contribution >= 4 is 27.3 Å². The Labute approximate surface area is 201 Å². The maximum atomic E-state index is 12.9. The van der Waals surface area contributed by atoms with Gasteiger partial charge < -0.3 is 5.32 Å². The van der Waals surface area contributed by atoms with Gasteiger partial charge in [-0.25, -0.2) is 8.42 Å². The number of likely N-dealkylation sites (tertiary alicyclic amines) is 1. The highest BCUT2D eigenvalue weighted by atomic mass is 32.2. The zero-order valence-electron chi connectivity index (χ0n) is 19.9. The molecule has 0 unspecified atom stereocenters. The molecule has 0 bridgehead atoms. The van der Waals surface area contributed by atoms with E-state index in [0.29, 0.717) is 5.56 Å². The molecule has 1 amide bonds. The smallest absolute Gasteiger partial charge is 0.271 e. The van der Waals surface area contributed by atoms with Crippen molar-refractivity contribution in [1.82, 2.24) is 10.2 Å². The second-order valence-corrected chi connectivity index (χ2v) is 10.7. The quantitative estimate of drug-likeness (QED) is 0.428. The molecule has 10 heteroatoms. The first-order chi connectivity index (χ1) is 16.1. The summed E-state index contributed by atoms with van der Waals surface area (Å²) in [7, 11) is -3.88. The van der Waals surface area contributed by atoms with Crippen LogP contribution < -0.4 is 9.62 Å². The number of rotatable bonds is 9. The molecular weight excluding hydrogens is 456 g/mol. The number of carbonyl (C=O) groups is 1. The summed E-state index contributed by atoms with van der Waals surface area (Å²) < 4.78 is 26.1. The molecule has 1 fully saturated rings. The van der Waals surface area contributed by atoms with Crippen LogP contribution in [-0.4, -0.2) is 49.5 Å².